The van der Waals surface area contributed by atoms with Crippen molar-refractivity contribution in [3.8, 4) is 33.8 Å². The van der Waals surface area contributed by atoms with E-state index in [-0.39, 0.29) is 0 Å². The lowest BCUT2D eigenvalue weighted by molar-refractivity contribution is 0.435. The summed E-state index contributed by atoms with van der Waals surface area (Å²) in [6.07, 6.45) is 0. The van der Waals surface area contributed by atoms with E-state index >= 15 is 0 Å². The molecule has 0 fully saturated rings. The van der Waals surface area contributed by atoms with Gasteiger partial charge in [0.15, 0.2) is 0 Å². The third-order valence-electron chi connectivity index (χ3n) is 14.4. The van der Waals surface area contributed by atoms with Crippen LogP contribution < -0.4 is 9.64 Å². The van der Waals surface area contributed by atoms with Crippen LogP contribution in [0.5, 0.6) is 11.5 Å². The molecule has 0 N–H and O–H groups in total. The zero-order chi connectivity index (χ0) is 42.7. The fourth-order valence-electron chi connectivity index (χ4n) is 11.8. The fraction of sp³-hybridized carbons (Fsp3) is 0.0323. The Balaban J connectivity index is 1.09. The molecule has 2 aliphatic carbocycles. The normalized spacial score (nSPS) is 14.2. The second kappa shape index (κ2) is 13.6. The molecule has 0 radical (unpaired) electrons. The van der Waals surface area contributed by atoms with Crippen molar-refractivity contribution in [2.24, 2.45) is 0 Å². The molecule has 3 aliphatic rings. The van der Waals surface area contributed by atoms with E-state index in [0.29, 0.717) is 0 Å². The molecule has 0 amide bonds. The van der Waals surface area contributed by atoms with Crippen LogP contribution in [0.4, 0.5) is 17.1 Å². The van der Waals surface area contributed by atoms with Crippen molar-refractivity contribution in [2.45, 2.75) is 10.8 Å². The summed E-state index contributed by atoms with van der Waals surface area (Å²) >= 11 is 0. The SMILES string of the molecule is c1ccc(N(c2ccc3c(c2)-c2cc4c(cc2C3(c2ccccc2)c2ccccc2)Oc2ccccc2C42c3ccccc3-c3ccccc32)c2ccc3oc4ccccc4c3c2)cc1. The molecule has 65 heavy (non-hydrogen) atoms. The lowest BCUT2D eigenvalue weighted by Gasteiger charge is -2.40. The number of hydrogen-bond donors (Lipinski definition) is 0. The van der Waals surface area contributed by atoms with Gasteiger partial charge >= 0.3 is 0 Å². The molecule has 304 valence electrons. The second-order valence-corrected chi connectivity index (χ2v) is 17.5. The standard InChI is InChI=1S/C62H39NO2/c1-4-18-40(19-5-1)61(41-20-6-2-7-21-41)53-34-32-43(63(42-22-8-3-9-23-42)44-33-35-58-50(37-44)47-26-12-16-30-57(47)64-58)36-48(53)49-38-56-60(39-55(49)61)65-59-31-17-15-29-54(59)62(56)51-27-13-10-24-45(51)46-25-11-14-28-52(46)62/h1-39H. The first kappa shape index (κ1) is 36.1. The number of rotatable bonds is 5. The minimum Gasteiger partial charge on any atom is -0.457 e. The van der Waals surface area contributed by atoms with E-state index in [1.807, 2.05) is 12.1 Å². The molecule has 1 spiro atoms. The number of nitrogens with zero attached hydrogens (tertiary/aromatic N) is 1. The Morgan fingerprint density at radius 1 is 0.292 bits per heavy atom. The third kappa shape index (κ3) is 4.84. The summed E-state index contributed by atoms with van der Waals surface area (Å²) in [5, 5.41) is 2.19. The molecule has 11 aromatic rings. The largest absolute Gasteiger partial charge is 0.457 e. The number of furan rings is 1. The van der Waals surface area contributed by atoms with E-state index in [9.17, 15) is 0 Å². The molecule has 0 bridgehead atoms. The van der Waals surface area contributed by atoms with Crippen LogP contribution in [0.3, 0.4) is 0 Å². The molecular weight excluding hydrogens is 791 g/mol. The highest BCUT2D eigenvalue weighted by atomic mass is 16.5. The molecule has 0 saturated carbocycles. The van der Waals surface area contributed by atoms with Crippen LogP contribution in [0.15, 0.2) is 241 Å². The van der Waals surface area contributed by atoms with Gasteiger partial charge in [0.2, 0.25) is 0 Å². The minimum atomic E-state index is -0.647. The van der Waals surface area contributed by atoms with E-state index in [1.165, 1.54) is 55.6 Å². The van der Waals surface area contributed by atoms with Crippen molar-refractivity contribution >= 4 is 39.0 Å². The van der Waals surface area contributed by atoms with Gasteiger partial charge in [-0.05, 0) is 122 Å². The molecule has 3 nitrogen and oxygen atoms in total. The third-order valence-corrected chi connectivity index (χ3v) is 14.4. The lowest BCUT2D eigenvalue weighted by atomic mass is 9.64. The summed E-state index contributed by atoms with van der Waals surface area (Å²) in [7, 11) is 0. The van der Waals surface area contributed by atoms with Crippen molar-refractivity contribution < 1.29 is 9.15 Å². The number of fused-ring (bicyclic) bond motifs is 15. The van der Waals surface area contributed by atoms with Gasteiger partial charge in [-0.3, -0.25) is 0 Å². The monoisotopic (exact) mass is 829 g/mol. The van der Waals surface area contributed by atoms with Crippen molar-refractivity contribution in [1.82, 2.24) is 0 Å². The Morgan fingerprint density at radius 3 is 1.55 bits per heavy atom. The Hall–Kier alpha value is -8.40. The Bertz CT molecular complexity index is 3620. The Kier molecular flexibility index (Phi) is 7.53. The van der Waals surface area contributed by atoms with Crippen molar-refractivity contribution in [1.29, 1.82) is 0 Å². The maximum atomic E-state index is 7.20. The average Bonchev–Trinajstić information content (AvgIpc) is 3.99. The molecule has 14 rings (SSSR count). The summed E-state index contributed by atoms with van der Waals surface area (Å²) < 4.78 is 13.5. The molecule has 0 saturated heterocycles. The van der Waals surface area contributed by atoms with Crippen LogP contribution in [-0.4, -0.2) is 0 Å². The van der Waals surface area contributed by atoms with Crippen molar-refractivity contribution in [2.75, 3.05) is 4.90 Å². The molecular formula is C62H39NO2. The topological polar surface area (TPSA) is 25.6 Å². The van der Waals surface area contributed by atoms with Crippen LogP contribution in [0.1, 0.15) is 44.5 Å². The lowest BCUT2D eigenvalue weighted by Crippen LogP contribution is -2.33. The number of benzene rings is 10. The van der Waals surface area contributed by atoms with Gasteiger partial charge in [0, 0.05) is 39.0 Å². The number of hydrogen-bond acceptors (Lipinski definition) is 3. The molecule has 0 atom stereocenters. The van der Waals surface area contributed by atoms with Gasteiger partial charge in [0.1, 0.15) is 22.7 Å². The van der Waals surface area contributed by atoms with E-state index < -0.39 is 10.8 Å². The van der Waals surface area contributed by atoms with Crippen LogP contribution in [0.25, 0.3) is 44.2 Å². The van der Waals surface area contributed by atoms with Crippen molar-refractivity contribution in [3.63, 3.8) is 0 Å². The second-order valence-electron chi connectivity index (χ2n) is 17.5. The molecule has 2 heterocycles. The molecule has 0 unspecified atom stereocenters. The van der Waals surface area contributed by atoms with Crippen LogP contribution in [0.2, 0.25) is 0 Å². The van der Waals surface area contributed by atoms with E-state index in [0.717, 1.165) is 61.6 Å². The summed E-state index contributed by atoms with van der Waals surface area (Å²) in [5.41, 5.74) is 18.3. The highest BCUT2D eigenvalue weighted by Crippen LogP contribution is 2.65. The fourth-order valence-corrected chi connectivity index (χ4v) is 11.8. The van der Waals surface area contributed by atoms with Gasteiger partial charge in [-0.15, -0.1) is 0 Å². The predicted molar refractivity (Wildman–Crippen MR) is 263 cm³/mol. The van der Waals surface area contributed by atoms with Crippen LogP contribution in [-0.2, 0) is 10.8 Å². The van der Waals surface area contributed by atoms with E-state index in [1.54, 1.807) is 0 Å². The van der Waals surface area contributed by atoms with E-state index in [4.69, 9.17) is 9.15 Å². The quantitative estimate of drug-likeness (QED) is 0.173. The van der Waals surface area contributed by atoms with Crippen molar-refractivity contribution in [3.05, 3.63) is 281 Å². The highest BCUT2D eigenvalue weighted by Gasteiger charge is 2.54. The van der Waals surface area contributed by atoms with Gasteiger partial charge in [-0.1, -0.05) is 170 Å². The maximum absolute atomic E-state index is 7.20. The predicted octanol–water partition coefficient (Wildman–Crippen LogP) is 15.9. The zero-order valence-corrected chi connectivity index (χ0v) is 35.3. The first-order valence-corrected chi connectivity index (χ1v) is 22.4. The first-order chi connectivity index (χ1) is 32.2. The summed E-state index contributed by atoms with van der Waals surface area (Å²) in [6.45, 7) is 0. The number of anilines is 3. The van der Waals surface area contributed by atoms with Crippen LogP contribution in [0, 0.1) is 0 Å². The number of ether oxygens (including phenoxy) is 1. The van der Waals surface area contributed by atoms with Crippen LogP contribution >= 0.6 is 0 Å². The molecule has 1 aliphatic heterocycles. The summed E-state index contributed by atoms with van der Waals surface area (Å²) in [4.78, 5) is 2.38. The molecule has 3 heteroatoms. The zero-order valence-electron chi connectivity index (χ0n) is 35.3. The van der Waals surface area contributed by atoms with Gasteiger partial charge in [0.05, 0.1) is 10.8 Å². The summed E-state index contributed by atoms with van der Waals surface area (Å²) in [5.74, 6) is 1.76. The number of para-hydroxylation sites is 3. The summed E-state index contributed by atoms with van der Waals surface area (Å²) in [6, 6.07) is 86.3. The maximum Gasteiger partial charge on any atom is 0.135 e. The molecule has 10 aromatic carbocycles. The molecule has 1 aromatic heterocycles. The smallest absolute Gasteiger partial charge is 0.135 e. The average molecular weight is 830 g/mol. The van der Waals surface area contributed by atoms with Gasteiger partial charge in [-0.2, -0.15) is 0 Å². The van der Waals surface area contributed by atoms with E-state index in [2.05, 4.69) is 229 Å². The highest BCUT2D eigenvalue weighted by molar-refractivity contribution is 6.06. The van der Waals surface area contributed by atoms with Gasteiger partial charge in [-0.25, -0.2) is 0 Å². The Morgan fingerprint density at radius 2 is 0.831 bits per heavy atom. The van der Waals surface area contributed by atoms with Gasteiger partial charge < -0.3 is 14.1 Å². The van der Waals surface area contributed by atoms with Gasteiger partial charge in [0.25, 0.3) is 0 Å². The minimum absolute atomic E-state index is 0.603. The Labute approximate surface area is 377 Å². The first-order valence-electron chi connectivity index (χ1n) is 22.4.